The van der Waals surface area contributed by atoms with E-state index in [0.717, 1.165) is 77.1 Å². The Kier molecular flexibility index (Phi) is 8.56. The van der Waals surface area contributed by atoms with Crippen LogP contribution in [0.4, 0.5) is 0 Å². The third-order valence-electron chi connectivity index (χ3n) is 6.34. The zero-order valence-corrected chi connectivity index (χ0v) is 21.3. The number of imidazole rings is 1. The third-order valence-corrected chi connectivity index (χ3v) is 6.34. The van der Waals surface area contributed by atoms with Gasteiger partial charge in [0.25, 0.3) is 5.91 Å². The molecule has 0 spiro atoms. The highest BCUT2D eigenvalue weighted by Crippen LogP contribution is 2.20. The highest BCUT2D eigenvalue weighted by molar-refractivity contribution is 5.95. The van der Waals surface area contributed by atoms with E-state index in [2.05, 4.69) is 40.7 Å². The van der Waals surface area contributed by atoms with E-state index in [9.17, 15) is 4.79 Å². The summed E-state index contributed by atoms with van der Waals surface area (Å²) in [6.07, 6.45) is 5.19. The van der Waals surface area contributed by atoms with Gasteiger partial charge in [-0.2, -0.15) is 0 Å². The van der Waals surface area contributed by atoms with E-state index in [0.29, 0.717) is 13.2 Å². The van der Waals surface area contributed by atoms with Gasteiger partial charge in [0.15, 0.2) is 0 Å². The van der Waals surface area contributed by atoms with E-state index < -0.39 is 0 Å². The van der Waals surface area contributed by atoms with Crippen LogP contribution in [0.5, 0.6) is 5.75 Å². The van der Waals surface area contributed by atoms with Crippen molar-refractivity contribution in [3.8, 4) is 5.75 Å². The lowest BCUT2D eigenvalue weighted by molar-refractivity contribution is 0.0952. The number of allylic oxidation sites excluding steroid dienone is 1. The van der Waals surface area contributed by atoms with Gasteiger partial charge in [-0.15, -0.1) is 6.58 Å². The molecule has 0 fully saturated rings. The first-order valence-corrected chi connectivity index (χ1v) is 12.7. The summed E-state index contributed by atoms with van der Waals surface area (Å²) in [7, 11) is 0. The summed E-state index contributed by atoms with van der Waals surface area (Å²) in [4.78, 5) is 17.5. The van der Waals surface area contributed by atoms with Crippen molar-refractivity contribution in [3.05, 3.63) is 107 Å². The van der Waals surface area contributed by atoms with Gasteiger partial charge >= 0.3 is 0 Å². The van der Waals surface area contributed by atoms with Crippen LogP contribution in [-0.2, 0) is 19.4 Å². The fraction of sp³-hybridized carbons (Fsp3) is 0.290. The maximum absolute atomic E-state index is 12.6. The summed E-state index contributed by atoms with van der Waals surface area (Å²) < 4.78 is 8.39. The van der Waals surface area contributed by atoms with Gasteiger partial charge in [0, 0.05) is 25.1 Å². The molecule has 0 saturated heterocycles. The molecule has 0 aliphatic heterocycles. The lowest BCUT2D eigenvalue weighted by Gasteiger charge is -2.13. The molecule has 5 nitrogen and oxygen atoms in total. The number of amides is 1. The van der Waals surface area contributed by atoms with Gasteiger partial charge in [0.2, 0.25) is 0 Å². The van der Waals surface area contributed by atoms with E-state index >= 15 is 0 Å². The predicted octanol–water partition coefficient (Wildman–Crippen LogP) is 6.21. The monoisotopic (exact) mass is 481 g/mol. The highest BCUT2D eigenvalue weighted by Gasteiger charge is 2.12. The van der Waals surface area contributed by atoms with Crippen molar-refractivity contribution in [2.45, 2.75) is 46.1 Å². The van der Waals surface area contributed by atoms with Gasteiger partial charge in [0.05, 0.1) is 17.6 Å². The summed E-state index contributed by atoms with van der Waals surface area (Å²) in [6, 6.07) is 22.3. The number of para-hydroxylation sites is 3. The minimum Gasteiger partial charge on any atom is -0.493 e. The number of carbonyl (C=O) groups is 1. The lowest BCUT2D eigenvalue weighted by atomic mass is 10.1. The predicted molar refractivity (Wildman–Crippen MR) is 147 cm³/mol. The number of nitrogens with one attached hydrogen (secondary N) is 1. The summed E-state index contributed by atoms with van der Waals surface area (Å²) in [5, 5.41) is 3.07. The number of hydrogen-bond donors (Lipinski definition) is 1. The first-order valence-electron chi connectivity index (χ1n) is 12.7. The molecule has 5 heteroatoms. The molecule has 1 N–H and O–H groups in total. The van der Waals surface area contributed by atoms with Gasteiger partial charge in [0.1, 0.15) is 11.6 Å². The SMILES string of the molecule is C=CCc1ccccc1OCCCn1c(CCCNC(=O)c2ccc(C)cc2C)nc2ccccc21. The number of carbonyl (C=O) groups excluding carboxylic acids is 1. The Hall–Kier alpha value is -3.86. The quantitative estimate of drug-likeness (QED) is 0.193. The van der Waals surface area contributed by atoms with Crippen LogP contribution in [0.25, 0.3) is 11.0 Å². The minimum absolute atomic E-state index is 0.0186. The number of nitrogens with zero attached hydrogens (tertiary/aromatic N) is 2. The number of rotatable bonds is 12. The summed E-state index contributed by atoms with van der Waals surface area (Å²) in [5.41, 5.74) is 6.20. The van der Waals surface area contributed by atoms with Crippen molar-refractivity contribution in [1.29, 1.82) is 0 Å². The number of fused-ring (bicyclic) bond motifs is 1. The van der Waals surface area contributed by atoms with Crippen LogP contribution >= 0.6 is 0 Å². The average molecular weight is 482 g/mol. The standard InChI is InChI=1S/C31H35N3O2/c1-4-11-25-12-5-8-15-29(25)36-21-10-20-34-28-14-7-6-13-27(28)33-30(34)16-9-19-32-31(35)26-18-17-23(2)22-24(26)3/h4-8,12-15,17-18,22H,1,9-11,16,19-21H2,2-3H3,(H,32,35). The lowest BCUT2D eigenvalue weighted by Crippen LogP contribution is -2.25. The van der Waals surface area contributed by atoms with Crippen LogP contribution < -0.4 is 10.1 Å². The van der Waals surface area contributed by atoms with Gasteiger partial charge in [-0.25, -0.2) is 4.98 Å². The molecule has 0 aliphatic rings. The second-order valence-electron chi connectivity index (χ2n) is 9.15. The van der Waals surface area contributed by atoms with Crippen LogP contribution in [0.3, 0.4) is 0 Å². The molecule has 0 aliphatic carbocycles. The van der Waals surface area contributed by atoms with Crippen molar-refractivity contribution in [1.82, 2.24) is 14.9 Å². The fourth-order valence-corrected chi connectivity index (χ4v) is 4.55. The van der Waals surface area contributed by atoms with Crippen molar-refractivity contribution < 1.29 is 9.53 Å². The number of aryl methyl sites for hydroxylation is 4. The summed E-state index contributed by atoms with van der Waals surface area (Å²) >= 11 is 0. The number of aromatic nitrogens is 2. The smallest absolute Gasteiger partial charge is 0.251 e. The average Bonchev–Trinajstić information content (AvgIpc) is 3.22. The molecule has 1 aromatic heterocycles. The van der Waals surface area contributed by atoms with Gasteiger partial charge in [-0.3, -0.25) is 4.79 Å². The van der Waals surface area contributed by atoms with Gasteiger partial charge in [-0.05, 0) is 68.5 Å². The topological polar surface area (TPSA) is 56.1 Å². The highest BCUT2D eigenvalue weighted by atomic mass is 16.5. The molecule has 0 bridgehead atoms. The minimum atomic E-state index is -0.0186. The molecule has 4 rings (SSSR count). The van der Waals surface area contributed by atoms with Crippen molar-refractivity contribution in [2.24, 2.45) is 0 Å². The number of ether oxygens (including phenoxy) is 1. The van der Waals surface area contributed by atoms with Crippen LogP contribution in [0.1, 0.15) is 45.7 Å². The molecular weight excluding hydrogens is 446 g/mol. The number of hydrogen-bond acceptors (Lipinski definition) is 3. The van der Waals surface area contributed by atoms with E-state index in [1.807, 2.05) is 62.4 Å². The molecule has 0 saturated carbocycles. The van der Waals surface area contributed by atoms with E-state index in [1.54, 1.807) is 0 Å². The Morgan fingerprint density at radius 2 is 1.86 bits per heavy atom. The zero-order valence-electron chi connectivity index (χ0n) is 21.3. The molecule has 4 aromatic rings. The zero-order chi connectivity index (χ0) is 25.3. The molecule has 1 amide bonds. The summed E-state index contributed by atoms with van der Waals surface area (Å²) in [5.74, 6) is 1.95. The first kappa shape index (κ1) is 25.2. The van der Waals surface area contributed by atoms with Crippen molar-refractivity contribution >= 4 is 16.9 Å². The molecule has 0 radical (unpaired) electrons. The Morgan fingerprint density at radius 1 is 1.06 bits per heavy atom. The fourth-order valence-electron chi connectivity index (χ4n) is 4.55. The normalized spacial score (nSPS) is 10.9. The Balaban J connectivity index is 1.34. The maximum Gasteiger partial charge on any atom is 0.251 e. The maximum atomic E-state index is 12.6. The van der Waals surface area contributed by atoms with Crippen LogP contribution in [-0.4, -0.2) is 28.6 Å². The summed E-state index contributed by atoms with van der Waals surface area (Å²) in [6.45, 7) is 9.92. The van der Waals surface area contributed by atoms with Crippen molar-refractivity contribution in [3.63, 3.8) is 0 Å². The molecule has 1 heterocycles. The Morgan fingerprint density at radius 3 is 2.69 bits per heavy atom. The first-order chi connectivity index (χ1) is 17.6. The van der Waals surface area contributed by atoms with E-state index in [1.165, 1.54) is 0 Å². The van der Waals surface area contributed by atoms with Crippen LogP contribution in [0, 0.1) is 13.8 Å². The van der Waals surface area contributed by atoms with Crippen molar-refractivity contribution in [2.75, 3.05) is 13.2 Å². The number of benzene rings is 3. The Labute approximate surface area is 213 Å². The largest absolute Gasteiger partial charge is 0.493 e. The van der Waals surface area contributed by atoms with Crippen LogP contribution in [0.15, 0.2) is 79.4 Å². The Bertz CT molecular complexity index is 1340. The molecule has 36 heavy (non-hydrogen) atoms. The van der Waals surface area contributed by atoms with E-state index in [4.69, 9.17) is 9.72 Å². The molecule has 0 atom stereocenters. The van der Waals surface area contributed by atoms with Gasteiger partial charge < -0.3 is 14.6 Å². The molecular formula is C31H35N3O2. The second-order valence-corrected chi connectivity index (χ2v) is 9.15. The van der Waals surface area contributed by atoms with E-state index in [-0.39, 0.29) is 5.91 Å². The molecule has 186 valence electrons. The van der Waals surface area contributed by atoms with Crippen LogP contribution in [0.2, 0.25) is 0 Å². The van der Waals surface area contributed by atoms with Gasteiger partial charge in [-0.1, -0.05) is 54.1 Å². The molecule has 0 unspecified atom stereocenters. The second kappa shape index (κ2) is 12.2. The molecule has 3 aromatic carbocycles. The third kappa shape index (κ3) is 6.22.